The van der Waals surface area contributed by atoms with Crippen molar-refractivity contribution in [2.75, 3.05) is 20.6 Å². The molecule has 4 aromatic rings. The Labute approximate surface area is 221 Å². The van der Waals surface area contributed by atoms with E-state index in [0.29, 0.717) is 42.2 Å². The summed E-state index contributed by atoms with van der Waals surface area (Å²) in [4.78, 5) is 33.9. The van der Waals surface area contributed by atoms with Crippen molar-refractivity contribution in [2.24, 2.45) is 0 Å². The summed E-state index contributed by atoms with van der Waals surface area (Å²) in [7, 11) is 3.37. The van der Waals surface area contributed by atoms with Crippen molar-refractivity contribution in [3.8, 4) is 17.3 Å². The van der Waals surface area contributed by atoms with Crippen molar-refractivity contribution in [3.63, 3.8) is 0 Å². The molecular formula is C28H32N6O4. The molecule has 38 heavy (non-hydrogen) atoms. The molecule has 0 radical (unpaired) electrons. The van der Waals surface area contributed by atoms with Crippen LogP contribution in [-0.2, 0) is 9.53 Å². The predicted octanol–water partition coefficient (Wildman–Crippen LogP) is 4.18. The average Bonchev–Trinajstić information content (AvgIpc) is 3.31. The van der Waals surface area contributed by atoms with E-state index in [-0.39, 0.29) is 12.0 Å². The number of aromatic nitrogens is 4. The van der Waals surface area contributed by atoms with Gasteiger partial charge in [0.25, 0.3) is 0 Å². The molecule has 1 saturated heterocycles. The summed E-state index contributed by atoms with van der Waals surface area (Å²) in [5, 5.41) is 9.49. The Morgan fingerprint density at radius 3 is 2.61 bits per heavy atom. The first-order valence-electron chi connectivity index (χ1n) is 12.7. The molecule has 2 unspecified atom stereocenters. The minimum absolute atomic E-state index is 0.166. The van der Waals surface area contributed by atoms with Gasteiger partial charge in [-0.1, -0.05) is 24.3 Å². The monoisotopic (exact) mass is 516 g/mol. The van der Waals surface area contributed by atoms with E-state index in [0.717, 1.165) is 11.0 Å². The van der Waals surface area contributed by atoms with E-state index < -0.39 is 17.7 Å². The maximum absolute atomic E-state index is 13.1. The highest BCUT2D eigenvalue weighted by atomic mass is 16.6. The molecule has 0 spiro atoms. The standard InChI is InChI=1S/C28H32N6O4/c1-28(2,3)38-27(36)33-16-14-19(17-21(33)26(35)32(4)5)37-22-10-8-9-18-12-13-20(29-24(18)22)25-31-30-23-11-6-7-15-34(23)25/h6-13,15,19,21H,14,16-17H2,1-5H3. The molecule has 4 heterocycles. The number of hydrogen-bond acceptors (Lipinski definition) is 7. The number of nitrogens with zero attached hydrogens (tertiary/aromatic N) is 6. The number of carbonyl (C=O) groups is 2. The Hall–Kier alpha value is -4.21. The van der Waals surface area contributed by atoms with Crippen molar-refractivity contribution in [1.82, 2.24) is 29.4 Å². The van der Waals surface area contributed by atoms with Crippen LogP contribution in [0.4, 0.5) is 4.79 Å². The lowest BCUT2D eigenvalue weighted by Crippen LogP contribution is -2.56. The maximum atomic E-state index is 13.1. The predicted molar refractivity (Wildman–Crippen MR) is 143 cm³/mol. The molecular weight excluding hydrogens is 484 g/mol. The van der Waals surface area contributed by atoms with Crippen molar-refractivity contribution in [2.45, 2.75) is 51.4 Å². The Morgan fingerprint density at radius 1 is 1.03 bits per heavy atom. The molecule has 0 bridgehead atoms. The van der Waals surface area contributed by atoms with Crippen molar-refractivity contribution >= 4 is 28.6 Å². The van der Waals surface area contributed by atoms with E-state index in [2.05, 4.69) is 10.2 Å². The number of fused-ring (bicyclic) bond motifs is 2. The number of carbonyl (C=O) groups excluding carboxylic acids is 2. The normalized spacial score (nSPS) is 18.0. The van der Waals surface area contributed by atoms with Gasteiger partial charge in [-0.05, 0) is 45.0 Å². The van der Waals surface area contributed by atoms with Gasteiger partial charge in [0.05, 0.1) is 0 Å². The molecule has 10 heteroatoms. The minimum atomic E-state index is -0.681. The van der Waals surface area contributed by atoms with Gasteiger partial charge >= 0.3 is 6.09 Å². The van der Waals surface area contributed by atoms with E-state index >= 15 is 0 Å². The van der Waals surface area contributed by atoms with Gasteiger partial charge in [-0.2, -0.15) is 0 Å². The van der Waals surface area contributed by atoms with Crippen LogP contribution in [0, 0.1) is 0 Å². The van der Waals surface area contributed by atoms with Crippen LogP contribution in [0.1, 0.15) is 33.6 Å². The number of benzene rings is 1. The summed E-state index contributed by atoms with van der Waals surface area (Å²) in [5.74, 6) is 1.09. The second kappa shape index (κ2) is 9.92. The third-order valence-corrected chi connectivity index (χ3v) is 6.43. The number of rotatable bonds is 4. The number of piperidine rings is 1. The molecule has 0 aliphatic carbocycles. The SMILES string of the molecule is CN(C)C(=O)C1CC(Oc2cccc3ccc(-c4nnc5ccccn45)nc23)CCN1C(=O)OC(C)(C)C. The van der Waals surface area contributed by atoms with Crippen LogP contribution < -0.4 is 4.74 Å². The van der Waals surface area contributed by atoms with Crippen LogP contribution in [0.2, 0.25) is 0 Å². The second-order valence-electron chi connectivity index (χ2n) is 10.7. The molecule has 1 fully saturated rings. The topological polar surface area (TPSA) is 102 Å². The highest BCUT2D eigenvalue weighted by molar-refractivity contribution is 5.87. The zero-order valence-electron chi connectivity index (χ0n) is 22.3. The zero-order valence-corrected chi connectivity index (χ0v) is 22.3. The highest BCUT2D eigenvalue weighted by Gasteiger charge is 2.40. The van der Waals surface area contributed by atoms with Crippen LogP contribution >= 0.6 is 0 Å². The highest BCUT2D eigenvalue weighted by Crippen LogP contribution is 2.31. The summed E-state index contributed by atoms with van der Waals surface area (Å²) in [6, 6.07) is 14.7. The number of likely N-dealkylation sites (tertiary alicyclic amines) is 1. The Balaban J connectivity index is 1.42. The first kappa shape index (κ1) is 25.4. The van der Waals surface area contributed by atoms with E-state index in [1.165, 1.54) is 9.80 Å². The third-order valence-electron chi connectivity index (χ3n) is 6.43. The largest absolute Gasteiger partial charge is 0.488 e. The molecule has 1 aromatic carbocycles. The maximum Gasteiger partial charge on any atom is 0.410 e. The van der Waals surface area contributed by atoms with E-state index in [4.69, 9.17) is 14.5 Å². The van der Waals surface area contributed by atoms with E-state index in [1.807, 2.05) is 79.9 Å². The van der Waals surface area contributed by atoms with Gasteiger partial charge in [-0.15, -0.1) is 10.2 Å². The van der Waals surface area contributed by atoms with Crippen molar-refractivity contribution < 1.29 is 19.1 Å². The average molecular weight is 517 g/mol. The fourth-order valence-corrected chi connectivity index (χ4v) is 4.65. The van der Waals surface area contributed by atoms with Gasteiger partial charge < -0.3 is 14.4 Å². The summed E-state index contributed by atoms with van der Waals surface area (Å²) in [5.41, 5.74) is 1.45. The number of ether oxygens (including phenoxy) is 2. The van der Waals surface area contributed by atoms with E-state index in [9.17, 15) is 9.59 Å². The van der Waals surface area contributed by atoms with Crippen LogP contribution in [-0.4, -0.2) is 79.8 Å². The molecule has 198 valence electrons. The minimum Gasteiger partial charge on any atom is -0.488 e. The molecule has 0 N–H and O–H groups in total. The first-order valence-corrected chi connectivity index (χ1v) is 12.7. The molecule has 1 aliphatic heterocycles. The quantitative estimate of drug-likeness (QED) is 0.401. The van der Waals surface area contributed by atoms with E-state index in [1.54, 1.807) is 14.1 Å². The lowest BCUT2D eigenvalue weighted by molar-refractivity contribution is -0.137. The molecule has 5 rings (SSSR count). The second-order valence-corrected chi connectivity index (χ2v) is 10.7. The summed E-state index contributed by atoms with van der Waals surface area (Å²) >= 11 is 0. The van der Waals surface area contributed by atoms with Gasteiger partial charge in [-0.25, -0.2) is 9.78 Å². The van der Waals surface area contributed by atoms with Crippen molar-refractivity contribution in [3.05, 3.63) is 54.7 Å². The Kier molecular flexibility index (Phi) is 6.64. The van der Waals surface area contributed by atoms with Crippen molar-refractivity contribution in [1.29, 1.82) is 0 Å². The molecule has 2 atom stereocenters. The smallest absolute Gasteiger partial charge is 0.410 e. The Bertz CT molecular complexity index is 1490. The van der Waals surface area contributed by atoms with Gasteiger partial charge in [-0.3, -0.25) is 14.1 Å². The molecule has 2 amide bonds. The molecule has 1 aliphatic rings. The fourth-order valence-electron chi connectivity index (χ4n) is 4.65. The molecule has 3 aromatic heterocycles. The van der Waals surface area contributed by atoms with Crippen LogP contribution in [0.3, 0.4) is 0 Å². The fraction of sp³-hybridized carbons (Fsp3) is 0.393. The number of hydrogen-bond donors (Lipinski definition) is 0. The summed E-state index contributed by atoms with van der Waals surface area (Å²) < 4.78 is 13.9. The number of pyridine rings is 2. The zero-order chi connectivity index (χ0) is 27.0. The van der Waals surface area contributed by atoms with Crippen LogP contribution in [0.25, 0.3) is 28.1 Å². The third kappa shape index (κ3) is 5.11. The van der Waals surface area contributed by atoms with Gasteiger partial charge in [0.1, 0.15) is 34.7 Å². The van der Waals surface area contributed by atoms with Crippen LogP contribution in [0.15, 0.2) is 54.7 Å². The molecule has 10 nitrogen and oxygen atoms in total. The lowest BCUT2D eigenvalue weighted by atomic mass is 9.98. The first-order chi connectivity index (χ1) is 18.1. The molecule has 0 saturated carbocycles. The number of likely N-dealkylation sites (N-methyl/N-ethyl adjacent to an activating group) is 1. The van der Waals surface area contributed by atoms with Crippen LogP contribution in [0.5, 0.6) is 5.75 Å². The van der Waals surface area contributed by atoms with Gasteiger partial charge in [0.2, 0.25) is 5.91 Å². The van der Waals surface area contributed by atoms with Gasteiger partial charge in [0, 0.05) is 45.1 Å². The Morgan fingerprint density at radius 2 is 1.84 bits per heavy atom. The summed E-state index contributed by atoms with van der Waals surface area (Å²) in [6.45, 7) is 5.79. The summed E-state index contributed by atoms with van der Waals surface area (Å²) in [6.07, 6.45) is 2.03. The van der Waals surface area contributed by atoms with Gasteiger partial charge in [0.15, 0.2) is 11.5 Å². The number of para-hydroxylation sites is 1. The lowest BCUT2D eigenvalue weighted by Gasteiger charge is -2.39. The number of amides is 2.